The van der Waals surface area contributed by atoms with Crippen molar-refractivity contribution in [2.75, 3.05) is 6.61 Å². The van der Waals surface area contributed by atoms with Crippen LogP contribution in [0, 0.1) is 10.8 Å². The molecular formula is C14H16N6O3. The number of rotatable bonds is 2. The van der Waals surface area contributed by atoms with Gasteiger partial charge in [0.25, 0.3) is 11.8 Å². The van der Waals surface area contributed by atoms with Crippen LogP contribution < -0.4 is 26.8 Å². The SMILES string of the molecule is N=C(N)NC(=O)C1=Cc2cccc(C(=O)NC(=N)N)c2OCC1. The molecule has 0 aliphatic carbocycles. The Morgan fingerprint density at radius 2 is 1.74 bits per heavy atom. The molecule has 0 atom stereocenters. The standard InChI is InChI=1S/C14H16N6O3/c15-13(16)19-11(21)8-4-5-23-10-7(6-8)2-1-3-9(10)12(22)20-14(17)18/h1-3,6H,4-5H2,(H4,15,16,19,21)(H4,17,18,20,22). The first kappa shape index (κ1) is 16.0. The van der Waals surface area contributed by atoms with Crippen molar-refractivity contribution in [3.05, 3.63) is 34.9 Å². The number of para-hydroxylation sites is 1. The molecule has 0 fully saturated rings. The Hall–Kier alpha value is -3.36. The van der Waals surface area contributed by atoms with Gasteiger partial charge in [-0.3, -0.25) is 31.0 Å². The Balaban J connectivity index is 2.38. The van der Waals surface area contributed by atoms with Crippen molar-refractivity contribution >= 4 is 29.8 Å². The molecule has 1 aromatic carbocycles. The summed E-state index contributed by atoms with van der Waals surface area (Å²) in [7, 11) is 0. The van der Waals surface area contributed by atoms with E-state index in [1.54, 1.807) is 18.2 Å². The molecular weight excluding hydrogens is 300 g/mol. The summed E-state index contributed by atoms with van der Waals surface area (Å²) in [5, 5.41) is 18.6. The number of hydrogen-bond acceptors (Lipinski definition) is 5. The Kier molecular flexibility index (Phi) is 4.60. The fraction of sp³-hybridized carbons (Fsp3) is 0.143. The van der Waals surface area contributed by atoms with Gasteiger partial charge in [0.15, 0.2) is 11.9 Å². The Labute approximate surface area is 131 Å². The maximum Gasteiger partial charge on any atom is 0.261 e. The van der Waals surface area contributed by atoms with Crippen molar-refractivity contribution < 1.29 is 14.3 Å². The number of amides is 2. The van der Waals surface area contributed by atoms with Crippen molar-refractivity contribution in [1.82, 2.24) is 10.6 Å². The summed E-state index contributed by atoms with van der Waals surface area (Å²) in [6.07, 6.45) is 1.87. The lowest BCUT2D eigenvalue weighted by atomic mass is 10.0. The molecule has 2 amide bonds. The number of carbonyl (C=O) groups excluding carboxylic acids is 2. The van der Waals surface area contributed by atoms with Crippen LogP contribution in [0.15, 0.2) is 23.8 Å². The van der Waals surface area contributed by atoms with E-state index in [0.717, 1.165) is 0 Å². The fourth-order valence-corrected chi connectivity index (χ4v) is 2.10. The number of ether oxygens (including phenoxy) is 1. The second kappa shape index (κ2) is 6.60. The molecule has 0 saturated carbocycles. The van der Waals surface area contributed by atoms with Crippen LogP contribution in [0.5, 0.6) is 5.75 Å². The maximum absolute atomic E-state index is 12.0. The fourth-order valence-electron chi connectivity index (χ4n) is 2.10. The van der Waals surface area contributed by atoms with Crippen LogP contribution in [0.1, 0.15) is 22.3 Å². The molecule has 1 aromatic rings. The van der Waals surface area contributed by atoms with E-state index in [2.05, 4.69) is 10.6 Å². The van der Waals surface area contributed by atoms with Crippen LogP contribution in [-0.2, 0) is 4.79 Å². The van der Waals surface area contributed by atoms with Gasteiger partial charge in [-0.15, -0.1) is 0 Å². The monoisotopic (exact) mass is 316 g/mol. The van der Waals surface area contributed by atoms with E-state index in [4.69, 9.17) is 27.0 Å². The molecule has 1 aliphatic rings. The summed E-state index contributed by atoms with van der Waals surface area (Å²) in [6.45, 7) is 0.175. The van der Waals surface area contributed by atoms with Gasteiger partial charge in [0.05, 0.1) is 12.2 Å². The van der Waals surface area contributed by atoms with E-state index in [1.165, 1.54) is 6.07 Å². The highest BCUT2D eigenvalue weighted by Crippen LogP contribution is 2.29. The van der Waals surface area contributed by atoms with E-state index in [9.17, 15) is 9.59 Å². The van der Waals surface area contributed by atoms with Gasteiger partial charge < -0.3 is 16.2 Å². The number of hydrogen-bond donors (Lipinski definition) is 6. The molecule has 9 nitrogen and oxygen atoms in total. The number of benzene rings is 1. The second-order valence-electron chi connectivity index (χ2n) is 4.73. The number of nitrogens with one attached hydrogen (secondary N) is 4. The summed E-state index contributed by atoms with van der Waals surface area (Å²) in [4.78, 5) is 24.0. The summed E-state index contributed by atoms with van der Waals surface area (Å²) in [6, 6.07) is 4.84. The first-order valence-corrected chi connectivity index (χ1v) is 6.65. The van der Waals surface area contributed by atoms with Crippen molar-refractivity contribution in [2.45, 2.75) is 6.42 Å². The molecule has 2 rings (SSSR count). The zero-order chi connectivity index (χ0) is 17.0. The van der Waals surface area contributed by atoms with Crippen LogP contribution in [0.3, 0.4) is 0 Å². The molecule has 23 heavy (non-hydrogen) atoms. The van der Waals surface area contributed by atoms with Crippen molar-refractivity contribution in [2.24, 2.45) is 11.5 Å². The summed E-state index contributed by atoms with van der Waals surface area (Å²) < 4.78 is 5.58. The van der Waals surface area contributed by atoms with E-state index < -0.39 is 23.7 Å². The van der Waals surface area contributed by atoms with Gasteiger partial charge >= 0.3 is 0 Å². The minimum absolute atomic E-state index is 0.175. The molecule has 0 saturated heterocycles. The topological polar surface area (TPSA) is 167 Å². The molecule has 9 heteroatoms. The van der Waals surface area contributed by atoms with Gasteiger partial charge in [-0.1, -0.05) is 12.1 Å². The quantitative estimate of drug-likeness (QED) is 0.318. The Bertz CT molecular complexity index is 725. The van der Waals surface area contributed by atoms with Crippen molar-refractivity contribution in [3.8, 4) is 5.75 Å². The lowest BCUT2D eigenvalue weighted by Gasteiger charge is -2.11. The summed E-state index contributed by atoms with van der Waals surface area (Å²) in [5.74, 6) is -1.68. The van der Waals surface area contributed by atoms with Crippen LogP contribution in [-0.4, -0.2) is 30.3 Å². The third kappa shape index (κ3) is 3.84. The van der Waals surface area contributed by atoms with E-state index in [-0.39, 0.29) is 12.2 Å². The van der Waals surface area contributed by atoms with Gasteiger partial charge in [0.2, 0.25) is 0 Å². The van der Waals surface area contributed by atoms with Gasteiger partial charge in [-0.25, -0.2) is 0 Å². The van der Waals surface area contributed by atoms with E-state index in [0.29, 0.717) is 23.3 Å². The average molecular weight is 316 g/mol. The number of nitrogens with two attached hydrogens (primary N) is 2. The van der Waals surface area contributed by atoms with Crippen molar-refractivity contribution in [1.29, 1.82) is 10.8 Å². The number of fused-ring (bicyclic) bond motifs is 1. The minimum Gasteiger partial charge on any atom is -0.492 e. The highest BCUT2D eigenvalue weighted by molar-refractivity contribution is 6.08. The Morgan fingerprint density at radius 3 is 2.39 bits per heavy atom. The molecule has 0 aromatic heterocycles. The average Bonchev–Trinajstić information content (AvgIpc) is 2.67. The first-order chi connectivity index (χ1) is 10.9. The Morgan fingerprint density at radius 1 is 1.09 bits per heavy atom. The van der Waals surface area contributed by atoms with Gasteiger partial charge in [-0.2, -0.15) is 0 Å². The lowest BCUT2D eigenvalue weighted by molar-refractivity contribution is -0.116. The molecule has 120 valence electrons. The molecule has 8 N–H and O–H groups in total. The third-order valence-corrected chi connectivity index (χ3v) is 3.03. The molecule has 0 bridgehead atoms. The summed E-state index contributed by atoms with van der Waals surface area (Å²) >= 11 is 0. The number of guanidine groups is 2. The highest BCUT2D eigenvalue weighted by atomic mass is 16.5. The number of carbonyl (C=O) groups is 2. The highest BCUT2D eigenvalue weighted by Gasteiger charge is 2.21. The molecule has 1 heterocycles. The van der Waals surface area contributed by atoms with Gasteiger partial charge in [-0.05, 0) is 12.1 Å². The molecule has 0 radical (unpaired) electrons. The molecule has 1 aliphatic heterocycles. The zero-order valence-corrected chi connectivity index (χ0v) is 12.1. The predicted molar refractivity (Wildman–Crippen MR) is 84.0 cm³/mol. The smallest absolute Gasteiger partial charge is 0.261 e. The largest absolute Gasteiger partial charge is 0.492 e. The lowest BCUT2D eigenvalue weighted by Crippen LogP contribution is -2.36. The predicted octanol–water partition coefficient (Wildman–Crippen LogP) is -0.515. The zero-order valence-electron chi connectivity index (χ0n) is 12.1. The van der Waals surface area contributed by atoms with E-state index >= 15 is 0 Å². The van der Waals surface area contributed by atoms with Crippen LogP contribution in [0.2, 0.25) is 0 Å². The van der Waals surface area contributed by atoms with E-state index in [1.807, 2.05) is 0 Å². The van der Waals surface area contributed by atoms with Crippen LogP contribution in [0.25, 0.3) is 6.08 Å². The molecule has 0 spiro atoms. The van der Waals surface area contributed by atoms with Gasteiger partial charge in [0.1, 0.15) is 5.75 Å². The van der Waals surface area contributed by atoms with Gasteiger partial charge in [0, 0.05) is 17.6 Å². The third-order valence-electron chi connectivity index (χ3n) is 3.03. The minimum atomic E-state index is -0.570. The van der Waals surface area contributed by atoms with Crippen LogP contribution in [0.4, 0.5) is 0 Å². The summed E-state index contributed by atoms with van der Waals surface area (Å²) in [5.41, 5.74) is 11.4. The molecule has 0 unspecified atom stereocenters. The normalized spacial score (nSPS) is 12.8. The van der Waals surface area contributed by atoms with Crippen LogP contribution >= 0.6 is 0 Å². The second-order valence-corrected chi connectivity index (χ2v) is 4.73. The van der Waals surface area contributed by atoms with Crippen molar-refractivity contribution in [3.63, 3.8) is 0 Å². The first-order valence-electron chi connectivity index (χ1n) is 6.65. The maximum atomic E-state index is 12.0.